The van der Waals surface area contributed by atoms with Crippen molar-refractivity contribution >= 4 is 45.1 Å². The maximum absolute atomic E-state index is 6.39. The van der Waals surface area contributed by atoms with E-state index in [0.717, 1.165) is 50.6 Å². The van der Waals surface area contributed by atoms with Crippen LogP contribution in [0.25, 0.3) is 22.1 Å². The molecule has 2 aromatic carbocycles. The number of nitrogens with zero attached hydrogens (tertiary/aromatic N) is 5. The highest BCUT2D eigenvalue weighted by molar-refractivity contribution is 6.10. The molecule has 1 aliphatic heterocycles. The van der Waals surface area contributed by atoms with Crippen LogP contribution in [0.2, 0.25) is 0 Å². The van der Waals surface area contributed by atoms with Crippen molar-refractivity contribution in [3.05, 3.63) is 78.2 Å². The SMILES string of the molecule is Cc1ccc2c(n1)oc1c(N3c4nccnc4N(c4ccccc4)C3(C)C)c(C)ccc12. The van der Waals surface area contributed by atoms with Crippen molar-refractivity contribution < 1.29 is 4.42 Å². The molecule has 0 atom stereocenters. The lowest BCUT2D eigenvalue weighted by Gasteiger charge is -2.40. The number of aromatic nitrogens is 3. The van der Waals surface area contributed by atoms with Gasteiger partial charge in [0.15, 0.2) is 17.2 Å². The Morgan fingerprint density at radius 3 is 2.22 bits per heavy atom. The molecule has 5 aromatic rings. The van der Waals surface area contributed by atoms with Gasteiger partial charge in [-0.15, -0.1) is 0 Å². The van der Waals surface area contributed by atoms with E-state index < -0.39 is 5.66 Å². The van der Waals surface area contributed by atoms with E-state index in [1.807, 2.05) is 31.2 Å². The molecule has 0 radical (unpaired) electrons. The number of pyridine rings is 1. The third-order valence-electron chi connectivity index (χ3n) is 6.24. The molecule has 0 aliphatic carbocycles. The topological polar surface area (TPSA) is 58.3 Å². The van der Waals surface area contributed by atoms with Gasteiger partial charge >= 0.3 is 0 Å². The Balaban J connectivity index is 1.66. The fraction of sp³-hybridized carbons (Fsp3) is 0.192. The lowest BCUT2D eigenvalue weighted by Crippen LogP contribution is -2.48. The second-order valence-electron chi connectivity index (χ2n) is 8.72. The van der Waals surface area contributed by atoms with E-state index in [0.29, 0.717) is 5.71 Å². The maximum atomic E-state index is 6.39. The third kappa shape index (κ3) is 2.49. The molecule has 6 rings (SSSR count). The van der Waals surface area contributed by atoms with Gasteiger partial charge in [0.05, 0.1) is 5.69 Å². The van der Waals surface area contributed by atoms with Crippen molar-refractivity contribution in [1.82, 2.24) is 15.0 Å². The van der Waals surface area contributed by atoms with Gasteiger partial charge in [0, 0.05) is 34.5 Å². The highest BCUT2D eigenvalue weighted by Crippen LogP contribution is 2.52. The van der Waals surface area contributed by atoms with E-state index in [1.165, 1.54) is 0 Å². The first kappa shape index (κ1) is 18.8. The molecule has 0 saturated carbocycles. The molecule has 4 heterocycles. The Kier molecular flexibility index (Phi) is 3.84. The van der Waals surface area contributed by atoms with E-state index in [4.69, 9.17) is 14.4 Å². The average molecular weight is 422 g/mol. The van der Waals surface area contributed by atoms with Crippen LogP contribution in [-0.4, -0.2) is 20.6 Å². The zero-order valence-electron chi connectivity index (χ0n) is 18.5. The molecule has 0 N–H and O–H groups in total. The molecule has 3 aromatic heterocycles. The second-order valence-corrected chi connectivity index (χ2v) is 8.72. The molecule has 6 nitrogen and oxygen atoms in total. The third-order valence-corrected chi connectivity index (χ3v) is 6.24. The van der Waals surface area contributed by atoms with Gasteiger partial charge in [-0.2, -0.15) is 0 Å². The number of aryl methyl sites for hydroxylation is 2. The van der Waals surface area contributed by atoms with Crippen molar-refractivity contribution in [2.75, 3.05) is 9.80 Å². The fourth-order valence-electron chi connectivity index (χ4n) is 4.83. The van der Waals surface area contributed by atoms with E-state index >= 15 is 0 Å². The van der Waals surface area contributed by atoms with Gasteiger partial charge in [-0.1, -0.05) is 30.3 Å². The van der Waals surface area contributed by atoms with Gasteiger partial charge < -0.3 is 4.42 Å². The van der Waals surface area contributed by atoms with Crippen molar-refractivity contribution in [1.29, 1.82) is 0 Å². The molecule has 158 valence electrons. The monoisotopic (exact) mass is 421 g/mol. The highest BCUT2D eigenvalue weighted by Gasteiger charge is 2.47. The summed E-state index contributed by atoms with van der Waals surface area (Å²) in [5.74, 6) is 1.63. The summed E-state index contributed by atoms with van der Waals surface area (Å²) in [5, 5.41) is 2.07. The summed E-state index contributed by atoms with van der Waals surface area (Å²) in [4.78, 5) is 18.6. The van der Waals surface area contributed by atoms with Crippen LogP contribution in [0.15, 0.2) is 71.4 Å². The van der Waals surface area contributed by atoms with E-state index in [-0.39, 0.29) is 0 Å². The van der Waals surface area contributed by atoms with Crippen LogP contribution in [0, 0.1) is 13.8 Å². The smallest absolute Gasteiger partial charge is 0.227 e. The number of fused-ring (bicyclic) bond motifs is 4. The summed E-state index contributed by atoms with van der Waals surface area (Å²) in [6.07, 6.45) is 3.49. The fourth-order valence-corrected chi connectivity index (χ4v) is 4.83. The standard InChI is InChI=1S/C26H23N5O/c1-16-10-12-19-20-13-11-17(2)29-25(20)32-22(19)21(16)31-24-23(27-14-15-28-24)30(26(31,3)4)18-8-6-5-7-9-18/h5-15H,1-4H3. The molecule has 0 bridgehead atoms. The summed E-state index contributed by atoms with van der Waals surface area (Å²) >= 11 is 0. The summed E-state index contributed by atoms with van der Waals surface area (Å²) in [6, 6.07) is 18.7. The van der Waals surface area contributed by atoms with Gasteiger partial charge in [0.25, 0.3) is 0 Å². The second kappa shape index (κ2) is 6.53. The molecule has 0 spiro atoms. The molecule has 0 amide bonds. The molecule has 32 heavy (non-hydrogen) atoms. The average Bonchev–Trinajstić information content (AvgIpc) is 3.25. The molecule has 1 aliphatic rings. The van der Waals surface area contributed by atoms with Gasteiger partial charge in [-0.05, 0) is 57.5 Å². The Bertz CT molecular complexity index is 1490. The summed E-state index contributed by atoms with van der Waals surface area (Å²) in [7, 11) is 0. The van der Waals surface area contributed by atoms with Crippen LogP contribution < -0.4 is 9.80 Å². The van der Waals surface area contributed by atoms with E-state index in [2.05, 4.69) is 65.9 Å². The number of furan rings is 1. The minimum Gasteiger partial charge on any atom is -0.435 e. The molecular weight excluding hydrogens is 398 g/mol. The number of para-hydroxylation sites is 1. The number of anilines is 4. The largest absolute Gasteiger partial charge is 0.435 e. The first-order valence-corrected chi connectivity index (χ1v) is 10.7. The van der Waals surface area contributed by atoms with Crippen LogP contribution in [0.3, 0.4) is 0 Å². The van der Waals surface area contributed by atoms with Gasteiger partial charge in [-0.25, -0.2) is 15.0 Å². The van der Waals surface area contributed by atoms with Crippen LogP contribution in [0.5, 0.6) is 0 Å². The lowest BCUT2D eigenvalue weighted by molar-refractivity contribution is 0.533. The minimum atomic E-state index is -0.480. The van der Waals surface area contributed by atoms with E-state index in [1.54, 1.807) is 12.4 Å². The van der Waals surface area contributed by atoms with Gasteiger partial charge in [0.1, 0.15) is 5.66 Å². The Morgan fingerprint density at radius 2 is 1.47 bits per heavy atom. The molecular formula is C26H23N5O. The summed E-state index contributed by atoms with van der Waals surface area (Å²) < 4.78 is 6.39. The van der Waals surface area contributed by atoms with Crippen molar-refractivity contribution in [2.24, 2.45) is 0 Å². The zero-order chi connectivity index (χ0) is 22.0. The predicted octanol–water partition coefficient (Wildman–Crippen LogP) is 6.41. The first-order valence-electron chi connectivity index (χ1n) is 10.7. The number of hydrogen-bond donors (Lipinski definition) is 0. The van der Waals surface area contributed by atoms with Crippen molar-refractivity contribution in [3.63, 3.8) is 0 Å². The molecule has 0 unspecified atom stereocenters. The van der Waals surface area contributed by atoms with Crippen LogP contribution >= 0.6 is 0 Å². The zero-order valence-corrected chi connectivity index (χ0v) is 18.5. The normalized spacial score (nSPS) is 15.0. The predicted molar refractivity (Wildman–Crippen MR) is 128 cm³/mol. The lowest BCUT2D eigenvalue weighted by atomic mass is 10.0. The highest BCUT2D eigenvalue weighted by atomic mass is 16.3. The van der Waals surface area contributed by atoms with Crippen LogP contribution in [-0.2, 0) is 0 Å². The van der Waals surface area contributed by atoms with Crippen molar-refractivity contribution in [2.45, 2.75) is 33.4 Å². The summed E-state index contributed by atoms with van der Waals surface area (Å²) in [6.45, 7) is 8.46. The van der Waals surface area contributed by atoms with E-state index in [9.17, 15) is 0 Å². The van der Waals surface area contributed by atoms with Crippen LogP contribution in [0.1, 0.15) is 25.1 Å². The molecule has 0 fully saturated rings. The Labute approximate surface area is 186 Å². The minimum absolute atomic E-state index is 0.480. The summed E-state index contributed by atoms with van der Waals surface area (Å²) in [5.41, 5.74) is 5.08. The molecule has 6 heteroatoms. The number of benzene rings is 2. The van der Waals surface area contributed by atoms with Gasteiger partial charge in [-0.3, -0.25) is 9.80 Å². The van der Waals surface area contributed by atoms with Crippen molar-refractivity contribution in [3.8, 4) is 0 Å². The first-order chi connectivity index (χ1) is 15.5. The number of hydrogen-bond acceptors (Lipinski definition) is 6. The maximum Gasteiger partial charge on any atom is 0.227 e. The quantitative estimate of drug-likeness (QED) is 0.328. The Morgan fingerprint density at radius 1 is 0.781 bits per heavy atom. The van der Waals surface area contributed by atoms with Gasteiger partial charge in [0.2, 0.25) is 5.71 Å². The van der Waals surface area contributed by atoms with Crippen LogP contribution in [0.4, 0.5) is 23.0 Å². The molecule has 0 saturated heterocycles. The Hall–Kier alpha value is -3.93. The number of rotatable bonds is 2.